The summed E-state index contributed by atoms with van der Waals surface area (Å²) < 4.78 is 33.8. The van der Waals surface area contributed by atoms with E-state index in [9.17, 15) is 8.42 Å². The minimum Gasteiger partial charge on any atom is -0.380 e. The maximum atomic E-state index is 13.0. The zero-order valence-electron chi connectivity index (χ0n) is 16.1. The Hall–Kier alpha value is -2.09. The van der Waals surface area contributed by atoms with E-state index in [-0.39, 0.29) is 4.90 Å². The summed E-state index contributed by atoms with van der Waals surface area (Å²) in [6.45, 7) is 6.10. The Morgan fingerprint density at radius 2 is 1.78 bits per heavy atom. The van der Waals surface area contributed by atoms with Gasteiger partial charge in [0.25, 0.3) is 10.0 Å². The Morgan fingerprint density at radius 1 is 1.07 bits per heavy atom. The van der Waals surface area contributed by atoms with Gasteiger partial charge in [0.15, 0.2) is 0 Å². The number of rotatable bonds is 6. The molecule has 0 unspecified atom stereocenters. The molecule has 0 atom stereocenters. The molecular weight excluding hydrogens is 362 g/mol. The maximum absolute atomic E-state index is 13.0. The lowest BCUT2D eigenvalue weighted by atomic mass is 10.1. The quantitative estimate of drug-likeness (QED) is 0.823. The smallest absolute Gasteiger partial charge is 0.261 e. The fourth-order valence-corrected chi connectivity index (χ4v) is 4.37. The molecule has 1 heterocycles. The van der Waals surface area contributed by atoms with Gasteiger partial charge in [-0.05, 0) is 37.7 Å². The molecule has 146 valence electrons. The Balaban J connectivity index is 1.88. The molecule has 0 spiro atoms. The SMILES string of the molecule is COCc1ccccc1NS(=O)(=O)c1ccc(C)c(N2CCN(C)CC2)c1. The Morgan fingerprint density at radius 3 is 2.48 bits per heavy atom. The van der Waals surface area contributed by atoms with E-state index in [1.165, 1.54) is 0 Å². The van der Waals surface area contributed by atoms with Gasteiger partial charge in [-0.1, -0.05) is 24.3 Å². The molecule has 1 aliphatic heterocycles. The first-order valence-corrected chi connectivity index (χ1v) is 10.5. The van der Waals surface area contributed by atoms with Crippen molar-refractivity contribution in [2.24, 2.45) is 0 Å². The highest BCUT2D eigenvalue weighted by atomic mass is 32.2. The first kappa shape index (κ1) is 19.7. The highest BCUT2D eigenvalue weighted by Gasteiger charge is 2.21. The lowest BCUT2D eigenvalue weighted by molar-refractivity contribution is 0.185. The molecule has 7 heteroatoms. The van der Waals surface area contributed by atoms with Gasteiger partial charge in [0, 0.05) is 44.5 Å². The van der Waals surface area contributed by atoms with Crippen LogP contribution in [-0.4, -0.2) is 53.7 Å². The number of ether oxygens (including phenoxy) is 1. The molecule has 1 fully saturated rings. The van der Waals surface area contributed by atoms with Gasteiger partial charge in [-0.25, -0.2) is 8.42 Å². The van der Waals surface area contributed by atoms with Gasteiger partial charge in [-0.3, -0.25) is 4.72 Å². The molecule has 3 rings (SSSR count). The van der Waals surface area contributed by atoms with Crippen LogP contribution in [0.5, 0.6) is 0 Å². The fourth-order valence-electron chi connectivity index (χ4n) is 3.25. The third-order valence-electron chi connectivity index (χ3n) is 4.90. The maximum Gasteiger partial charge on any atom is 0.261 e. The van der Waals surface area contributed by atoms with E-state index in [1.807, 2.05) is 31.2 Å². The largest absolute Gasteiger partial charge is 0.380 e. The second-order valence-electron chi connectivity index (χ2n) is 6.93. The summed E-state index contributed by atoms with van der Waals surface area (Å²) in [5.74, 6) is 0. The van der Waals surface area contributed by atoms with Crippen molar-refractivity contribution in [1.29, 1.82) is 0 Å². The minimum absolute atomic E-state index is 0.272. The molecular formula is C20H27N3O3S. The first-order valence-electron chi connectivity index (χ1n) is 9.04. The molecule has 27 heavy (non-hydrogen) atoms. The van der Waals surface area contributed by atoms with Gasteiger partial charge in [0.05, 0.1) is 17.2 Å². The molecule has 0 saturated carbocycles. The lowest BCUT2D eigenvalue weighted by Crippen LogP contribution is -2.44. The molecule has 0 amide bonds. The predicted molar refractivity (Wildman–Crippen MR) is 109 cm³/mol. The van der Waals surface area contributed by atoms with Crippen molar-refractivity contribution >= 4 is 21.4 Å². The van der Waals surface area contributed by atoms with E-state index in [4.69, 9.17) is 4.74 Å². The number of nitrogens with zero attached hydrogens (tertiary/aromatic N) is 2. The number of hydrogen-bond acceptors (Lipinski definition) is 5. The summed E-state index contributed by atoms with van der Waals surface area (Å²) in [6.07, 6.45) is 0. The van der Waals surface area contributed by atoms with Gasteiger partial charge in [0.2, 0.25) is 0 Å². The van der Waals surface area contributed by atoms with Crippen LogP contribution in [-0.2, 0) is 21.4 Å². The number of likely N-dealkylation sites (N-methyl/N-ethyl adjacent to an activating group) is 1. The number of aryl methyl sites for hydroxylation is 1. The average Bonchev–Trinajstić information content (AvgIpc) is 2.64. The van der Waals surface area contributed by atoms with E-state index in [1.54, 1.807) is 25.3 Å². The van der Waals surface area contributed by atoms with Crippen LogP contribution in [0.3, 0.4) is 0 Å². The molecule has 0 bridgehead atoms. The second kappa shape index (κ2) is 8.29. The van der Waals surface area contributed by atoms with E-state index in [2.05, 4.69) is 21.6 Å². The lowest BCUT2D eigenvalue weighted by Gasteiger charge is -2.35. The fraction of sp³-hybridized carbons (Fsp3) is 0.400. The molecule has 0 radical (unpaired) electrons. The van der Waals surface area contributed by atoms with Crippen molar-refractivity contribution in [3.8, 4) is 0 Å². The molecule has 2 aromatic carbocycles. The normalized spacial score (nSPS) is 15.7. The average molecular weight is 390 g/mol. The number of methoxy groups -OCH3 is 1. The van der Waals surface area contributed by atoms with Crippen LogP contribution in [0.1, 0.15) is 11.1 Å². The van der Waals surface area contributed by atoms with Crippen molar-refractivity contribution in [3.63, 3.8) is 0 Å². The van der Waals surface area contributed by atoms with Crippen LogP contribution in [0.25, 0.3) is 0 Å². The summed E-state index contributed by atoms with van der Waals surface area (Å²) in [6, 6.07) is 12.6. The minimum atomic E-state index is -3.69. The van der Waals surface area contributed by atoms with Gasteiger partial charge < -0.3 is 14.5 Å². The van der Waals surface area contributed by atoms with Crippen molar-refractivity contribution in [2.75, 3.05) is 50.0 Å². The Kier molecular flexibility index (Phi) is 6.04. The molecule has 0 aliphatic carbocycles. The molecule has 1 saturated heterocycles. The first-order chi connectivity index (χ1) is 12.9. The number of nitrogens with one attached hydrogen (secondary N) is 1. The number of hydrogen-bond donors (Lipinski definition) is 1. The van der Waals surface area contributed by atoms with E-state index in [0.717, 1.165) is 43.0 Å². The summed E-state index contributed by atoms with van der Waals surface area (Å²) in [5, 5.41) is 0. The molecule has 1 aliphatic rings. The van der Waals surface area contributed by atoms with Crippen LogP contribution in [0.2, 0.25) is 0 Å². The summed E-state index contributed by atoms with van der Waals surface area (Å²) in [5.41, 5.74) is 3.41. The van der Waals surface area contributed by atoms with Gasteiger partial charge >= 0.3 is 0 Å². The van der Waals surface area contributed by atoms with Crippen LogP contribution in [0, 0.1) is 6.92 Å². The Labute approximate surface area is 161 Å². The third kappa shape index (κ3) is 4.61. The molecule has 0 aromatic heterocycles. The monoisotopic (exact) mass is 389 g/mol. The summed E-state index contributed by atoms with van der Waals surface area (Å²) in [4.78, 5) is 4.81. The number of anilines is 2. The standard InChI is InChI=1S/C20H27N3O3S/c1-16-8-9-18(14-20(16)23-12-10-22(2)11-13-23)27(24,25)21-19-7-5-4-6-17(19)15-26-3/h4-9,14,21H,10-13,15H2,1-3H3. The van der Waals surface area contributed by atoms with E-state index >= 15 is 0 Å². The van der Waals surface area contributed by atoms with Crippen LogP contribution < -0.4 is 9.62 Å². The number of benzene rings is 2. The van der Waals surface area contributed by atoms with Crippen LogP contribution >= 0.6 is 0 Å². The van der Waals surface area contributed by atoms with Crippen molar-refractivity contribution in [3.05, 3.63) is 53.6 Å². The van der Waals surface area contributed by atoms with Gasteiger partial charge in [0.1, 0.15) is 0 Å². The van der Waals surface area contributed by atoms with Crippen LogP contribution in [0.15, 0.2) is 47.4 Å². The zero-order chi connectivity index (χ0) is 19.4. The van der Waals surface area contributed by atoms with Gasteiger partial charge in [-0.15, -0.1) is 0 Å². The van der Waals surface area contributed by atoms with Gasteiger partial charge in [-0.2, -0.15) is 0 Å². The summed E-state index contributed by atoms with van der Waals surface area (Å²) >= 11 is 0. The number of sulfonamides is 1. The zero-order valence-corrected chi connectivity index (χ0v) is 16.9. The van der Waals surface area contributed by atoms with Crippen molar-refractivity contribution in [2.45, 2.75) is 18.4 Å². The summed E-state index contributed by atoms with van der Waals surface area (Å²) in [7, 11) is 0.00900. The molecule has 2 aromatic rings. The number of piperazine rings is 1. The molecule has 1 N–H and O–H groups in total. The second-order valence-corrected chi connectivity index (χ2v) is 8.62. The van der Waals surface area contributed by atoms with Crippen molar-refractivity contribution < 1.29 is 13.2 Å². The molecule has 6 nitrogen and oxygen atoms in total. The topological polar surface area (TPSA) is 61.9 Å². The van der Waals surface area contributed by atoms with Crippen molar-refractivity contribution in [1.82, 2.24) is 4.90 Å². The highest BCUT2D eigenvalue weighted by Crippen LogP contribution is 2.27. The van der Waals surface area contributed by atoms with Crippen LogP contribution in [0.4, 0.5) is 11.4 Å². The van der Waals surface area contributed by atoms with E-state index < -0.39 is 10.0 Å². The van der Waals surface area contributed by atoms with E-state index in [0.29, 0.717) is 12.3 Å². The third-order valence-corrected chi connectivity index (χ3v) is 6.26. The number of para-hydroxylation sites is 1. The highest BCUT2D eigenvalue weighted by molar-refractivity contribution is 7.92. The Bertz CT molecular complexity index is 891. The predicted octanol–water partition coefficient (Wildman–Crippen LogP) is 2.69.